The first kappa shape index (κ1) is 13.5. The number of nitrogens with zero attached hydrogens (tertiary/aromatic N) is 1. The smallest absolute Gasteiger partial charge is 0.328 e. The molecule has 1 rings (SSSR count). The van der Waals surface area contributed by atoms with E-state index >= 15 is 0 Å². The number of amides is 2. The Morgan fingerprint density at radius 2 is 2.17 bits per heavy atom. The van der Waals surface area contributed by atoms with Crippen LogP contribution in [0.25, 0.3) is 0 Å². The van der Waals surface area contributed by atoms with Crippen molar-refractivity contribution in [3.63, 3.8) is 0 Å². The fraction of sp³-hybridized carbons (Fsp3) is 0.182. The number of aliphatic hydroxyl groups is 1. The zero-order valence-electron chi connectivity index (χ0n) is 9.25. The van der Waals surface area contributed by atoms with Crippen molar-refractivity contribution in [2.75, 3.05) is 11.9 Å². The van der Waals surface area contributed by atoms with Gasteiger partial charge in [0.2, 0.25) is 0 Å². The molecule has 0 heterocycles. The van der Waals surface area contributed by atoms with E-state index in [1.165, 1.54) is 6.07 Å². The van der Waals surface area contributed by atoms with Gasteiger partial charge in [-0.05, 0) is 18.2 Å². The SMILES string of the molecule is N#Cc1cccc(NC(=O)NC(CO)C(=O)O)c1. The second-order valence-corrected chi connectivity index (χ2v) is 3.36. The van der Waals surface area contributed by atoms with Gasteiger partial charge < -0.3 is 20.8 Å². The second-order valence-electron chi connectivity index (χ2n) is 3.36. The third-order valence-corrected chi connectivity index (χ3v) is 2.04. The van der Waals surface area contributed by atoms with E-state index < -0.39 is 24.6 Å². The van der Waals surface area contributed by atoms with Crippen LogP contribution < -0.4 is 10.6 Å². The number of carbonyl (C=O) groups excluding carboxylic acids is 1. The summed E-state index contributed by atoms with van der Waals surface area (Å²) in [6.07, 6.45) is 0. The van der Waals surface area contributed by atoms with Crippen LogP contribution in [0.2, 0.25) is 0 Å². The molecule has 0 spiro atoms. The molecular formula is C11H11N3O4. The molecule has 1 atom stereocenters. The van der Waals surface area contributed by atoms with Gasteiger partial charge in [0.15, 0.2) is 6.04 Å². The quantitative estimate of drug-likeness (QED) is 0.603. The molecule has 0 bridgehead atoms. The molecule has 0 aromatic heterocycles. The van der Waals surface area contributed by atoms with Crippen LogP contribution in [-0.2, 0) is 4.79 Å². The van der Waals surface area contributed by atoms with Crippen molar-refractivity contribution in [3.8, 4) is 6.07 Å². The standard InChI is InChI=1S/C11H11N3O4/c12-5-7-2-1-3-8(4-7)13-11(18)14-9(6-15)10(16)17/h1-4,9,15H,6H2,(H,16,17)(H2,13,14,18). The number of carboxylic acids is 1. The number of carboxylic acid groups (broad SMARTS) is 1. The average molecular weight is 249 g/mol. The van der Waals surface area contributed by atoms with E-state index in [2.05, 4.69) is 10.6 Å². The summed E-state index contributed by atoms with van der Waals surface area (Å²) in [5, 5.41) is 30.4. The summed E-state index contributed by atoms with van der Waals surface area (Å²) in [4.78, 5) is 22.0. The summed E-state index contributed by atoms with van der Waals surface area (Å²) in [6, 6.07) is 5.90. The molecule has 0 aliphatic carbocycles. The Labute approximate surface area is 103 Å². The Hall–Kier alpha value is -2.59. The van der Waals surface area contributed by atoms with Gasteiger partial charge in [0, 0.05) is 5.69 Å². The number of carbonyl (C=O) groups is 2. The second kappa shape index (κ2) is 6.22. The number of anilines is 1. The molecule has 94 valence electrons. The summed E-state index contributed by atoms with van der Waals surface area (Å²) >= 11 is 0. The van der Waals surface area contributed by atoms with Crippen LogP contribution in [0.15, 0.2) is 24.3 Å². The number of rotatable bonds is 4. The largest absolute Gasteiger partial charge is 0.480 e. The van der Waals surface area contributed by atoms with Crippen LogP contribution in [0, 0.1) is 11.3 Å². The maximum atomic E-state index is 11.4. The van der Waals surface area contributed by atoms with E-state index in [0.717, 1.165) is 0 Å². The molecule has 1 aromatic carbocycles. The van der Waals surface area contributed by atoms with E-state index in [1.54, 1.807) is 18.2 Å². The van der Waals surface area contributed by atoms with E-state index in [4.69, 9.17) is 15.5 Å². The maximum absolute atomic E-state index is 11.4. The number of benzene rings is 1. The predicted molar refractivity (Wildman–Crippen MR) is 61.8 cm³/mol. The van der Waals surface area contributed by atoms with Crippen LogP contribution in [0.5, 0.6) is 0 Å². The van der Waals surface area contributed by atoms with Gasteiger partial charge in [-0.2, -0.15) is 5.26 Å². The molecule has 0 fully saturated rings. The van der Waals surface area contributed by atoms with Crippen LogP contribution in [0.1, 0.15) is 5.56 Å². The van der Waals surface area contributed by atoms with Gasteiger partial charge in [-0.1, -0.05) is 6.07 Å². The highest BCUT2D eigenvalue weighted by Gasteiger charge is 2.18. The first-order valence-electron chi connectivity index (χ1n) is 4.98. The van der Waals surface area contributed by atoms with Gasteiger partial charge in [-0.25, -0.2) is 9.59 Å². The van der Waals surface area contributed by atoms with E-state index in [0.29, 0.717) is 11.3 Å². The zero-order chi connectivity index (χ0) is 13.5. The Morgan fingerprint density at radius 1 is 1.44 bits per heavy atom. The lowest BCUT2D eigenvalue weighted by Crippen LogP contribution is -2.45. The summed E-state index contributed by atoms with van der Waals surface area (Å²) in [7, 11) is 0. The number of urea groups is 1. The molecule has 2 amide bonds. The fourth-order valence-electron chi connectivity index (χ4n) is 1.18. The zero-order valence-corrected chi connectivity index (χ0v) is 9.25. The highest BCUT2D eigenvalue weighted by molar-refractivity contribution is 5.92. The molecule has 0 radical (unpaired) electrons. The minimum atomic E-state index is -1.37. The predicted octanol–water partition coefficient (Wildman–Crippen LogP) is 0.125. The van der Waals surface area contributed by atoms with Crippen molar-refractivity contribution in [3.05, 3.63) is 29.8 Å². The fourth-order valence-corrected chi connectivity index (χ4v) is 1.18. The first-order chi connectivity index (χ1) is 8.56. The number of hydrogen-bond acceptors (Lipinski definition) is 4. The Balaban J connectivity index is 2.64. The van der Waals surface area contributed by atoms with Crippen LogP contribution in [0.3, 0.4) is 0 Å². The van der Waals surface area contributed by atoms with Crippen molar-refractivity contribution in [2.24, 2.45) is 0 Å². The highest BCUT2D eigenvalue weighted by atomic mass is 16.4. The number of hydrogen-bond donors (Lipinski definition) is 4. The van der Waals surface area contributed by atoms with Crippen molar-refractivity contribution in [2.45, 2.75) is 6.04 Å². The molecule has 0 aliphatic heterocycles. The summed E-state index contributed by atoms with van der Waals surface area (Å²) in [5.74, 6) is -1.33. The average Bonchev–Trinajstić information content (AvgIpc) is 2.35. The molecule has 4 N–H and O–H groups in total. The van der Waals surface area contributed by atoms with Crippen molar-refractivity contribution in [1.29, 1.82) is 5.26 Å². The lowest BCUT2D eigenvalue weighted by atomic mass is 10.2. The minimum Gasteiger partial charge on any atom is -0.480 e. The number of nitriles is 1. The topological polar surface area (TPSA) is 122 Å². The monoisotopic (exact) mass is 249 g/mol. The normalized spacial score (nSPS) is 11.1. The number of aliphatic carboxylic acids is 1. The molecular weight excluding hydrogens is 238 g/mol. The number of aliphatic hydroxyl groups excluding tert-OH is 1. The van der Waals surface area contributed by atoms with Crippen molar-refractivity contribution in [1.82, 2.24) is 5.32 Å². The Kier molecular flexibility index (Phi) is 4.66. The van der Waals surface area contributed by atoms with Crippen LogP contribution >= 0.6 is 0 Å². The van der Waals surface area contributed by atoms with Crippen LogP contribution in [-0.4, -0.2) is 34.9 Å². The van der Waals surface area contributed by atoms with Gasteiger partial charge in [0.05, 0.1) is 18.2 Å². The van der Waals surface area contributed by atoms with Crippen LogP contribution in [0.4, 0.5) is 10.5 Å². The highest BCUT2D eigenvalue weighted by Crippen LogP contribution is 2.09. The Bertz CT molecular complexity index is 495. The van der Waals surface area contributed by atoms with Gasteiger partial charge in [-0.3, -0.25) is 0 Å². The molecule has 1 aromatic rings. The molecule has 0 saturated heterocycles. The van der Waals surface area contributed by atoms with Crippen molar-refractivity contribution >= 4 is 17.7 Å². The maximum Gasteiger partial charge on any atom is 0.328 e. The van der Waals surface area contributed by atoms with Gasteiger partial charge in [-0.15, -0.1) is 0 Å². The molecule has 7 heteroatoms. The van der Waals surface area contributed by atoms with E-state index in [-0.39, 0.29) is 0 Å². The summed E-state index contributed by atoms with van der Waals surface area (Å²) in [6.45, 7) is -0.707. The van der Waals surface area contributed by atoms with Crippen molar-refractivity contribution < 1.29 is 19.8 Å². The molecule has 7 nitrogen and oxygen atoms in total. The van der Waals surface area contributed by atoms with Gasteiger partial charge in [0.1, 0.15) is 0 Å². The van der Waals surface area contributed by atoms with Gasteiger partial charge >= 0.3 is 12.0 Å². The minimum absolute atomic E-state index is 0.355. The summed E-state index contributed by atoms with van der Waals surface area (Å²) < 4.78 is 0. The molecule has 1 unspecified atom stereocenters. The first-order valence-corrected chi connectivity index (χ1v) is 4.98. The summed E-state index contributed by atoms with van der Waals surface area (Å²) in [5.41, 5.74) is 0.721. The third-order valence-electron chi connectivity index (χ3n) is 2.04. The number of nitrogens with one attached hydrogen (secondary N) is 2. The molecule has 0 aliphatic rings. The molecule has 18 heavy (non-hydrogen) atoms. The van der Waals surface area contributed by atoms with Gasteiger partial charge in [0.25, 0.3) is 0 Å². The third kappa shape index (κ3) is 3.77. The van der Waals surface area contributed by atoms with E-state index in [1.807, 2.05) is 6.07 Å². The Morgan fingerprint density at radius 3 is 2.72 bits per heavy atom. The lowest BCUT2D eigenvalue weighted by Gasteiger charge is -2.12. The molecule has 0 saturated carbocycles. The van der Waals surface area contributed by atoms with E-state index in [9.17, 15) is 9.59 Å². The lowest BCUT2D eigenvalue weighted by molar-refractivity contribution is -0.140.